The molecule has 0 unspecified atom stereocenters. The Morgan fingerprint density at radius 1 is 1.10 bits per heavy atom. The zero-order valence-electron chi connectivity index (χ0n) is 21.4. The SMILES string of the molecule is C=CC(=O)Nc1cccc(-n2c(NC(=O)c3ccc(C(F)F)s3)nc3cc(CN4CCCC4)ccc32)c1.CO. The van der Waals surface area contributed by atoms with E-state index < -0.39 is 12.3 Å². The summed E-state index contributed by atoms with van der Waals surface area (Å²) in [5.74, 6) is -0.625. The van der Waals surface area contributed by atoms with Gasteiger partial charge in [-0.15, -0.1) is 11.3 Å². The molecule has 4 aromatic rings. The first-order chi connectivity index (χ1) is 18.9. The molecule has 8 nitrogen and oxygen atoms in total. The molecule has 3 N–H and O–H groups in total. The minimum Gasteiger partial charge on any atom is -0.400 e. The fourth-order valence-corrected chi connectivity index (χ4v) is 5.20. The molecule has 0 atom stereocenters. The normalized spacial score (nSPS) is 13.3. The Bertz CT molecular complexity index is 1480. The van der Waals surface area contributed by atoms with E-state index in [4.69, 9.17) is 10.1 Å². The number of amides is 2. The van der Waals surface area contributed by atoms with Crippen LogP contribution < -0.4 is 10.6 Å². The van der Waals surface area contributed by atoms with Gasteiger partial charge in [-0.25, -0.2) is 13.8 Å². The molecule has 1 aliphatic heterocycles. The van der Waals surface area contributed by atoms with Gasteiger partial charge in [-0.3, -0.25) is 24.4 Å². The summed E-state index contributed by atoms with van der Waals surface area (Å²) in [4.78, 5) is 31.9. The average molecular weight is 554 g/mol. The lowest BCUT2D eigenvalue weighted by atomic mass is 10.2. The molecule has 3 heterocycles. The molecule has 0 bridgehead atoms. The maximum absolute atomic E-state index is 13.1. The largest absolute Gasteiger partial charge is 0.400 e. The molecule has 5 rings (SSSR count). The van der Waals surface area contributed by atoms with E-state index in [1.54, 1.807) is 22.8 Å². The molecular weight excluding hydrogens is 524 g/mol. The van der Waals surface area contributed by atoms with Crippen molar-refractivity contribution >= 4 is 45.8 Å². The number of rotatable bonds is 8. The third kappa shape index (κ3) is 6.56. The van der Waals surface area contributed by atoms with Crippen LogP contribution in [0.5, 0.6) is 0 Å². The summed E-state index contributed by atoms with van der Waals surface area (Å²) in [6, 6.07) is 15.8. The Morgan fingerprint density at radius 3 is 2.56 bits per heavy atom. The lowest BCUT2D eigenvalue weighted by molar-refractivity contribution is -0.111. The van der Waals surface area contributed by atoms with Crippen molar-refractivity contribution in [3.8, 4) is 5.69 Å². The molecule has 0 radical (unpaired) electrons. The van der Waals surface area contributed by atoms with Gasteiger partial charge in [0.1, 0.15) is 0 Å². The molecule has 204 valence electrons. The highest BCUT2D eigenvalue weighted by Crippen LogP contribution is 2.30. The number of carbonyl (C=O) groups is 2. The van der Waals surface area contributed by atoms with Crippen LogP contribution in [0.4, 0.5) is 20.4 Å². The van der Waals surface area contributed by atoms with Crippen molar-refractivity contribution in [2.24, 2.45) is 0 Å². The molecule has 39 heavy (non-hydrogen) atoms. The number of benzene rings is 2. The second-order valence-electron chi connectivity index (χ2n) is 8.78. The maximum atomic E-state index is 13.1. The van der Waals surface area contributed by atoms with Gasteiger partial charge in [-0.2, -0.15) is 0 Å². The van der Waals surface area contributed by atoms with Crippen LogP contribution in [0.2, 0.25) is 0 Å². The second-order valence-corrected chi connectivity index (χ2v) is 9.89. The zero-order valence-corrected chi connectivity index (χ0v) is 22.2. The van der Waals surface area contributed by atoms with Crippen molar-refractivity contribution < 1.29 is 23.5 Å². The molecule has 0 spiro atoms. The Labute approximate surface area is 228 Å². The molecule has 2 aromatic heterocycles. The smallest absolute Gasteiger partial charge is 0.272 e. The Balaban J connectivity index is 0.00000172. The van der Waals surface area contributed by atoms with Gasteiger partial charge in [0.25, 0.3) is 12.3 Å². The molecular formula is C28H29F2N5O3S. The van der Waals surface area contributed by atoms with Crippen molar-refractivity contribution in [1.82, 2.24) is 14.5 Å². The number of nitrogens with one attached hydrogen (secondary N) is 2. The number of hydrogen-bond acceptors (Lipinski definition) is 6. The van der Waals surface area contributed by atoms with Gasteiger partial charge in [0.05, 0.1) is 26.5 Å². The number of fused-ring (bicyclic) bond motifs is 1. The minimum absolute atomic E-state index is 0.163. The topological polar surface area (TPSA) is 99.5 Å². The second kappa shape index (κ2) is 12.7. The summed E-state index contributed by atoms with van der Waals surface area (Å²) in [6.07, 6.45) is 0.934. The highest BCUT2D eigenvalue weighted by Gasteiger charge is 2.20. The average Bonchev–Trinajstić information content (AvgIpc) is 3.70. The summed E-state index contributed by atoms with van der Waals surface area (Å²) in [5.41, 5.74) is 3.77. The van der Waals surface area contributed by atoms with Gasteiger partial charge in [0.2, 0.25) is 11.9 Å². The van der Waals surface area contributed by atoms with Crippen LogP contribution in [0.1, 0.15) is 39.4 Å². The predicted molar refractivity (Wildman–Crippen MR) is 150 cm³/mol. The first-order valence-corrected chi connectivity index (χ1v) is 13.1. The minimum atomic E-state index is -2.64. The molecule has 1 aliphatic rings. The van der Waals surface area contributed by atoms with Crippen molar-refractivity contribution in [2.45, 2.75) is 25.8 Å². The molecule has 0 aliphatic carbocycles. The van der Waals surface area contributed by atoms with Crippen molar-refractivity contribution in [2.75, 3.05) is 30.8 Å². The van der Waals surface area contributed by atoms with Crippen LogP contribution in [0.3, 0.4) is 0 Å². The van der Waals surface area contributed by atoms with E-state index >= 15 is 0 Å². The number of aromatic nitrogens is 2. The number of alkyl halides is 2. The molecule has 2 amide bonds. The summed E-state index contributed by atoms with van der Waals surface area (Å²) in [5, 5.41) is 12.5. The monoisotopic (exact) mass is 553 g/mol. The number of thiophene rings is 1. The lowest BCUT2D eigenvalue weighted by Gasteiger charge is -2.14. The Hall–Kier alpha value is -3.93. The number of anilines is 2. The van der Waals surface area contributed by atoms with E-state index in [0.29, 0.717) is 16.9 Å². The van der Waals surface area contributed by atoms with E-state index in [-0.39, 0.29) is 21.6 Å². The number of aliphatic hydroxyl groups excluding tert-OH is 1. The van der Waals surface area contributed by atoms with Gasteiger partial charge in [0, 0.05) is 19.3 Å². The number of imidazole rings is 1. The molecule has 1 saturated heterocycles. The predicted octanol–water partition coefficient (Wildman–Crippen LogP) is 5.61. The summed E-state index contributed by atoms with van der Waals surface area (Å²) < 4.78 is 27.9. The van der Waals surface area contributed by atoms with Crippen LogP contribution in [-0.2, 0) is 11.3 Å². The van der Waals surface area contributed by atoms with Gasteiger partial charge in [-0.05, 0) is 80.0 Å². The summed E-state index contributed by atoms with van der Waals surface area (Å²) in [6.45, 7) is 6.43. The van der Waals surface area contributed by atoms with Crippen molar-refractivity contribution in [3.05, 3.63) is 82.6 Å². The summed E-state index contributed by atoms with van der Waals surface area (Å²) in [7, 11) is 1.00. The van der Waals surface area contributed by atoms with E-state index in [2.05, 4.69) is 22.1 Å². The van der Waals surface area contributed by atoms with Crippen LogP contribution in [0, 0.1) is 0 Å². The Morgan fingerprint density at radius 2 is 1.87 bits per heavy atom. The number of hydrogen-bond donors (Lipinski definition) is 3. The first kappa shape index (κ1) is 28.1. The number of carbonyl (C=O) groups excluding carboxylic acids is 2. The maximum Gasteiger partial charge on any atom is 0.272 e. The highest BCUT2D eigenvalue weighted by molar-refractivity contribution is 7.14. The summed E-state index contributed by atoms with van der Waals surface area (Å²) >= 11 is 0.747. The lowest BCUT2D eigenvalue weighted by Crippen LogP contribution is -2.18. The third-order valence-electron chi connectivity index (χ3n) is 6.17. The molecule has 1 fully saturated rings. The fourth-order valence-electron chi connectivity index (χ4n) is 4.44. The van der Waals surface area contributed by atoms with Crippen LogP contribution in [0.25, 0.3) is 16.7 Å². The van der Waals surface area contributed by atoms with Crippen molar-refractivity contribution in [3.63, 3.8) is 0 Å². The van der Waals surface area contributed by atoms with E-state index in [1.165, 1.54) is 31.1 Å². The number of likely N-dealkylation sites (tertiary alicyclic amines) is 1. The quantitative estimate of drug-likeness (QED) is 0.247. The zero-order chi connectivity index (χ0) is 27.9. The van der Waals surface area contributed by atoms with Crippen molar-refractivity contribution in [1.29, 1.82) is 0 Å². The first-order valence-electron chi connectivity index (χ1n) is 12.3. The van der Waals surface area contributed by atoms with Crippen LogP contribution in [-0.4, -0.2) is 51.6 Å². The molecule has 0 saturated carbocycles. The number of halogens is 2. The highest BCUT2D eigenvalue weighted by atomic mass is 32.1. The fraction of sp³-hybridized carbons (Fsp3) is 0.250. The standard InChI is InChI=1S/C27H25F2N5O2S.CH4O/c1-2-24(35)30-18-6-5-7-19(15-18)34-21-9-8-17(16-33-12-3-4-13-33)14-20(21)31-27(34)32-26(36)23-11-10-22(37-23)25(28)29;1-2/h2,5-11,14-15,25H,1,3-4,12-13,16H2,(H,30,35)(H,31,32,36);2H,1H3. The van der Waals surface area contributed by atoms with Gasteiger partial charge in [0.15, 0.2) is 0 Å². The van der Waals surface area contributed by atoms with E-state index in [1.807, 2.05) is 24.3 Å². The van der Waals surface area contributed by atoms with E-state index in [9.17, 15) is 18.4 Å². The molecule has 11 heteroatoms. The molecule has 2 aromatic carbocycles. The van der Waals surface area contributed by atoms with Crippen LogP contribution >= 0.6 is 11.3 Å². The van der Waals surface area contributed by atoms with E-state index in [0.717, 1.165) is 49.2 Å². The van der Waals surface area contributed by atoms with Crippen LogP contribution in [0.15, 0.2) is 67.3 Å². The number of nitrogens with zero attached hydrogens (tertiary/aromatic N) is 3. The van der Waals surface area contributed by atoms with Gasteiger partial charge >= 0.3 is 0 Å². The van der Waals surface area contributed by atoms with Gasteiger partial charge in [-0.1, -0.05) is 18.7 Å². The number of aliphatic hydroxyl groups is 1. The third-order valence-corrected chi connectivity index (χ3v) is 7.26. The Kier molecular flexibility index (Phi) is 9.18. The van der Waals surface area contributed by atoms with Gasteiger partial charge < -0.3 is 10.4 Å².